The van der Waals surface area contributed by atoms with Crippen LogP contribution in [0.1, 0.15) is 11.3 Å². The molecule has 1 rings (SSSR count). The Morgan fingerprint density at radius 3 is 2.92 bits per heavy atom. The lowest BCUT2D eigenvalue weighted by Crippen LogP contribution is -2.25. The summed E-state index contributed by atoms with van der Waals surface area (Å²) in [4.78, 5) is 6.49. The summed E-state index contributed by atoms with van der Waals surface area (Å²) in [7, 11) is 2.06. The van der Waals surface area contributed by atoms with E-state index in [2.05, 4.69) is 29.9 Å². The molecule has 0 radical (unpaired) electrons. The number of hydrogen-bond donors (Lipinski definition) is 1. The van der Waals surface area contributed by atoms with E-state index in [1.54, 1.807) is 0 Å². The molecular weight excluding hydrogens is 162 g/mol. The molecule has 1 aromatic heterocycles. The maximum atomic E-state index is 5.46. The van der Waals surface area contributed by atoms with E-state index in [9.17, 15) is 0 Å². The predicted molar refractivity (Wildman–Crippen MR) is 54.4 cm³/mol. The third-order valence-electron chi connectivity index (χ3n) is 2.05. The first-order chi connectivity index (χ1) is 6.24. The quantitative estimate of drug-likeness (QED) is 0.742. The number of hydrogen-bond acceptors (Lipinski definition) is 3. The van der Waals surface area contributed by atoms with Crippen LogP contribution in [0.4, 0.5) is 0 Å². The highest BCUT2D eigenvalue weighted by Crippen LogP contribution is 2.05. The fourth-order valence-corrected chi connectivity index (χ4v) is 1.24. The normalized spacial score (nSPS) is 10.8. The van der Waals surface area contributed by atoms with Crippen LogP contribution in [0.5, 0.6) is 0 Å². The van der Waals surface area contributed by atoms with E-state index >= 15 is 0 Å². The molecule has 0 saturated heterocycles. The Morgan fingerprint density at radius 2 is 2.31 bits per heavy atom. The molecule has 0 bridgehead atoms. The van der Waals surface area contributed by atoms with Crippen molar-refractivity contribution in [1.29, 1.82) is 0 Å². The molecule has 0 aliphatic heterocycles. The maximum Gasteiger partial charge on any atom is 0.0572 e. The van der Waals surface area contributed by atoms with E-state index in [1.165, 1.54) is 5.56 Å². The number of pyridine rings is 1. The summed E-state index contributed by atoms with van der Waals surface area (Å²) >= 11 is 0. The van der Waals surface area contributed by atoms with Crippen LogP contribution in [-0.2, 0) is 6.54 Å². The van der Waals surface area contributed by atoms with Crippen LogP contribution in [0.2, 0.25) is 0 Å². The first-order valence-electron chi connectivity index (χ1n) is 4.53. The van der Waals surface area contributed by atoms with Gasteiger partial charge >= 0.3 is 0 Å². The topological polar surface area (TPSA) is 42.2 Å². The summed E-state index contributed by atoms with van der Waals surface area (Å²) in [5, 5.41) is 0. The van der Waals surface area contributed by atoms with Gasteiger partial charge in [0.2, 0.25) is 0 Å². The van der Waals surface area contributed by atoms with Gasteiger partial charge in [-0.3, -0.25) is 9.88 Å². The lowest BCUT2D eigenvalue weighted by atomic mass is 10.2. The van der Waals surface area contributed by atoms with Crippen LogP contribution in [0.15, 0.2) is 18.3 Å². The third-order valence-corrected chi connectivity index (χ3v) is 2.05. The van der Waals surface area contributed by atoms with E-state index in [-0.39, 0.29) is 0 Å². The number of aryl methyl sites for hydroxylation is 1. The van der Waals surface area contributed by atoms with Gasteiger partial charge in [-0.1, -0.05) is 6.07 Å². The summed E-state index contributed by atoms with van der Waals surface area (Å²) in [6, 6.07) is 4.04. The van der Waals surface area contributed by atoms with Gasteiger partial charge in [0.1, 0.15) is 0 Å². The summed E-state index contributed by atoms with van der Waals surface area (Å²) in [6.45, 7) is 4.57. The number of nitrogens with zero attached hydrogens (tertiary/aromatic N) is 2. The molecule has 0 atom stereocenters. The van der Waals surface area contributed by atoms with Gasteiger partial charge in [0.05, 0.1) is 5.69 Å². The molecule has 0 aliphatic rings. The fourth-order valence-electron chi connectivity index (χ4n) is 1.24. The van der Waals surface area contributed by atoms with Crippen molar-refractivity contribution in [3.05, 3.63) is 29.6 Å². The smallest absolute Gasteiger partial charge is 0.0572 e. The van der Waals surface area contributed by atoms with Gasteiger partial charge in [-0.05, 0) is 25.6 Å². The van der Waals surface area contributed by atoms with Crippen LogP contribution in [0, 0.1) is 6.92 Å². The van der Waals surface area contributed by atoms with Crippen molar-refractivity contribution in [3.63, 3.8) is 0 Å². The van der Waals surface area contributed by atoms with Crippen LogP contribution in [-0.4, -0.2) is 30.0 Å². The molecule has 0 spiro atoms. The summed E-state index contributed by atoms with van der Waals surface area (Å²) in [6.07, 6.45) is 1.83. The molecule has 0 aromatic carbocycles. The van der Waals surface area contributed by atoms with Crippen molar-refractivity contribution in [1.82, 2.24) is 9.88 Å². The molecule has 13 heavy (non-hydrogen) atoms. The van der Waals surface area contributed by atoms with Crippen molar-refractivity contribution < 1.29 is 0 Å². The van der Waals surface area contributed by atoms with Gasteiger partial charge < -0.3 is 5.73 Å². The van der Waals surface area contributed by atoms with Crippen molar-refractivity contribution in [2.24, 2.45) is 5.73 Å². The molecule has 3 nitrogen and oxygen atoms in total. The van der Waals surface area contributed by atoms with Gasteiger partial charge in [-0.2, -0.15) is 0 Å². The Balaban J connectivity index is 2.58. The van der Waals surface area contributed by atoms with Crippen molar-refractivity contribution in [3.8, 4) is 0 Å². The standard InChI is InChI=1S/C10H17N3/c1-9-4-3-6-12-10(9)8-13(2)7-5-11/h3-4,6H,5,7-8,11H2,1-2H3. The summed E-state index contributed by atoms with van der Waals surface area (Å²) < 4.78 is 0. The molecule has 1 aromatic rings. The van der Waals surface area contributed by atoms with Crippen LogP contribution < -0.4 is 5.73 Å². The van der Waals surface area contributed by atoms with E-state index < -0.39 is 0 Å². The monoisotopic (exact) mass is 179 g/mol. The molecular formula is C10H17N3. The van der Waals surface area contributed by atoms with E-state index in [1.807, 2.05) is 12.3 Å². The number of rotatable bonds is 4. The summed E-state index contributed by atoms with van der Waals surface area (Å²) in [5.41, 5.74) is 7.84. The average Bonchev–Trinajstić information content (AvgIpc) is 2.09. The van der Waals surface area contributed by atoms with E-state index in [0.717, 1.165) is 18.8 Å². The molecule has 0 unspecified atom stereocenters. The van der Waals surface area contributed by atoms with Gasteiger partial charge in [-0.25, -0.2) is 0 Å². The van der Waals surface area contributed by atoms with Gasteiger partial charge in [-0.15, -0.1) is 0 Å². The Kier molecular flexibility index (Phi) is 3.86. The van der Waals surface area contributed by atoms with E-state index in [4.69, 9.17) is 5.73 Å². The second-order valence-electron chi connectivity index (χ2n) is 3.29. The third kappa shape index (κ3) is 3.13. The van der Waals surface area contributed by atoms with Crippen molar-refractivity contribution in [2.45, 2.75) is 13.5 Å². The van der Waals surface area contributed by atoms with Crippen LogP contribution >= 0.6 is 0 Å². The summed E-state index contributed by atoms with van der Waals surface area (Å²) in [5.74, 6) is 0. The molecule has 0 aliphatic carbocycles. The van der Waals surface area contributed by atoms with Gasteiger partial charge in [0, 0.05) is 25.8 Å². The lowest BCUT2D eigenvalue weighted by molar-refractivity contribution is 0.331. The average molecular weight is 179 g/mol. The minimum Gasteiger partial charge on any atom is -0.329 e. The van der Waals surface area contributed by atoms with Crippen molar-refractivity contribution >= 4 is 0 Å². The highest BCUT2D eigenvalue weighted by Gasteiger charge is 2.02. The highest BCUT2D eigenvalue weighted by molar-refractivity contribution is 5.17. The lowest BCUT2D eigenvalue weighted by Gasteiger charge is -2.15. The molecule has 3 heteroatoms. The second kappa shape index (κ2) is 4.94. The molecule has 72 valence electrons. The first-order valence-corrected chi connectivity index (χ1v) is 4.53. The number of aromatic nitrogens is 1. The number of likely N-dealkylation sites (N-methyl/N-ethyl adjacent to an activating group) is 1. The molecule has 2 N–H and O–H groups in total. The van der Waals surface area contributed by atoms with Crippen molar-refractivity contribution in [2.75, 3.05) is 20.1 Å². The Hall–Kier alpha value is -0.930. The highest BCUT2D eigenvalue weighted by atomic mass is 15.1. The van der Waals surface area contributed by atoms with E-state index in [0.29, 0.717) is 6.54 Å². The zero-order valence-electron chi connectivity index (χ0n) is 8.33. The van der Waals surface area contributed by atoms with Crippen LogP contribution in [0.25, 0.3) is 0 Å². The zero-order valence-corrected chi connectivity index (χ0v) is 8.33. The minimum absolute atomic E-state index is 0.697. The Morgan fingerprint density at radius 1 is 1.54 bits per heavy atom. The zero-order chi connectivity index (χ0) is 9.68. The van der Waals surface area contributed by atoms with Crippen LogP contribution in [0.3, 0.4) is 0 Å². The maximum absolute atomic E-state index is 5.46. The molecule has 0 saturated carbocycles. The fraction of sp³-hybridized carbons (Fsp3) is 0.500. The predicted octanol–water partition coefficient (Wildman–Crippen LogP) is 0.781. The second-order valence-corrected chi connectivity index (χ2v) is 3.29. The molecule has 1 heterocycles. The molecule has 0 fully saturated rings. The number of nitrogens with two attached hydrogens (primary N) is 1. The first kappa shape index (κ1) is 10.2. The largest absolute Gasteiger partial charge is 0.329 e. The van der Waals surface area contributed by atoms with Gasteiger partial charge in [0.15, 0.2) is 0 Å². The Labute approximate surface area is 79.6 Å². The minimum atomic E-state index is 0.697. The Bertz CT molecular complexity index is 260. The molecule has 0 amide bonds. The van der Waals surface area contributed by atoms with Gasteiger partial charge in [0.25, 0.3) is 0 Å². The SMILES string of the molecule is Cc1cccnc1CN(C)CCN.